The molecular weight excluding hydrogens is 344 g/mol. The first kappa shape index (κ1) is 17.2. The Balaban J connectivity index is 1.47. The number of amides is 1. The van der Waals surface area contributed by atoms with Gasteiger partial charge in [0.1, 0.15) is 5.52 Å². The zero-order chi connectivity index (χ0) is 18.1. The fraction of sp³-hybridized carbons (Fsp3) is 0.333. The van der Waals surface area contributed by atoms with Gasteiger partial charge in [0.25, 0.3) is 5.91 Å². The minimum Gasteiger partial charge on any atom is -0.440 e. The van der Waals surface area contributed by atoms with E-state index in [4.69, 9.17) is 4.42 Å². The molecule has 0 atom stereocenters. The molecule has 0 spiro atoms. The number of benzene rings is 2. The summed E-state index contributed by atoms with van der Waals surface area (Å²) in [4.78, 5) is 20.7. The van der Waals surface area contributed by atoms with Crippen LogP contribution in [0.2, 0.25) is 0 Å². The summed E-state index contributed by atoms with van der Waals surface area (Å²) < 4.78 is 5.92. The van der Waals surface area contributed by atoms with E-state index in [1.807, 2.05) is 54.5 Å². The molecule has 1 aliphatic heterocycles. The van der Waals surface area contributed by atoms with Gasteiger partial charge in [-0.25, -0.2) is 4.98 Å². The quantitative estimate of drug-likeness (QED) is 0.620. The fourth-order valence-corrected chi connectivity index (χ4v) is 3.96. The summed E-state index contributed by atoms with van der Waals surface area (Å²) >= 11 is 1.66. The van der Waals surface area contributed by atoms with Crippen LogP contribution in [0, 0.1) is 6.92 Å². The highest BCUT2D eigenvalue weighted by Gasteiger charge is 2.28. The molecule has 1 aromatic heterocycles. The number of likely N-dealkylation sites (tertiary alicyclic amines) is 1. The topological polar surface area (TPSA) is 46.3 Å². The average Bonchev–Trinajstić information content (AvgIpc) is 3.12. The number of piperidine rings is 1. The van der Waals surface area contributed by atoms with E-state index in [9.17, 15) is 4.79 Å². The van der Waals surface area contributed by atoms with E-state index in [-0.39, 0.29) is 11.8 Å². The Kier molecular flexibility index (Phi) is 4.72. The fourth-order valence-electron chi connectivity index (χ4n) is 3.52. The smallest absolute Gasteiger partial charge is 0.254 e. The highest BCUT2D eigenvalue weighted by atomic mass is 32.2. The molecule has 0 N–H and O–H groups in total. The second-order valence-corrected chi connectivity index (χ2v) is 7.65. The highest BCUT2D eigenvalue weighted by Crippen LogP contribution is 2.31. The van der Waals surface area contributed by atoms with E-state index < -0.39 is 0 Å². The molecule has 0 bridgehead atoms. The number of nitrogens with zero attached hydrogens (tertiary/aromatic N) is 2. The molecule has 0 unspecified atom stereocenters. The summed E-state index contributed by atoms with van der Waals surface area (Å²) in [5.74, 6) is 1.22. The van der Waals surface area contributed by atoms with Gasteiger partial charge in [-0.2, -0.15) is 0 Å². The Hall–Kier alpha value is -2.27. The van der Waals surface area contributed by atoms with Crippen molar-refractivity contribution >= 4 is 28.8 Å². The molecule has 0 radical (unpaired) electrons. The van der Waals surface area contributed by atoms with Gasteiger partial charge in [-0.05, 0) is 55.9 Å². The van der Waals surface area contributed by atoms with Crippen LogP contribution >= 0.6 is 11.8 Å². The van der Waals surface area contributed by atoms with Crippen molar-refractivity contribution in [3.05, 3.63) is 59.5 Å². The zero-order valence-electron chi connectivity index (χ0n) is 15.1. The van der Waals surface area contributed by atoms with Crippen LogP contribution in [0.15, 0.2) is 51.8 Å². The lowest BCUT2D eigenvalue weighted by molar-refractivity contribution is 0.0705. The normalized spacial score (nSPS) is 15.5. The second-order valence-electron chi connectivity index (χ2n) is 6.77. The van der Waals surface area contributed by atoms with Gasteiger partial charge in [0, 0.05) is 29.5 Å². The lowest BCUT2D eigenvalue weighted by Crippen LogP contribution is -2.38. The highest BCUT2D eigenvalue weighted by molar-refractivity contribution is 7.98. The molecule has 1 amide bonds. The van der Waals surface area contributed by atoms with Crippen LogP contribution in [0.1, 0.15) is 40.6 Å². The molecule has 2 aromatic carbocycles. The maximum atomic E-state index is 13.0. The molecule has 26 heavy (non-hydrogen) atoms. The molecule has 134 valence electrons. The van der Waals surface area contributed by atoms with Crippen LogP contribution < -0.4 is 0 Å². The number of rotatable bonds is 3. The number of oxazole rings is 1. The molecule has 1 saturated heterocycles. The van der Waals surface area contributed by atoms with Crippen LogP contribution in [-0.2, 0) is 0 Å². The van der Waals surface area contributed by atoms with Crippen molar-refractivity contribution < 1.29 is 9.21 Å². The van der Waals surface area contributed by atoms with E-state index in [0.717, 1.165) is 58.9 Å². The molecular formula is C21H22N2O2S. The maximum absolute atomic E-state index is 13.0. The van der Waals surface area contributed by atoms with Crippen molar-refractivity contribution in [3.63, 3.8) is 0 Å². The summed E-state index contributed by atoms with van der Waals surface area (Å²) in [6.07, 6.45) is 3.81. The van der Waals surface area contributed by atoms with Gasteiger partial charge in [0.2, 0.25) is 0 Å². The SMILES string of the molecule is CSc1ccc(C)c(C(=O)N2CCC(c3nc4ccccc4o3)CC2)c1. The van der Waals surface area contributed by atoms with E-state index in [0.29, 0.717) is 0 Å². The standard InChI is InChI=1S/C21H22N2O2S/c1-14-7-8-16(26-2)13-17(14)21(24)23-11-9-15(10-12-23)20-22-18-5-3-4-6-19(18)25-20/h3-8,13,15H,9-12H2,1-2H3. The van der Waals surface area contributed by atoms with Crippen LogP contribution in [0.5, 0.6) is 0 Å². The van der Waals surface area contributed by atoms with Crippen molar-refractivity contribution in [2.45, 2.75) is 30.6 Å². The molecule has 0 aliphatic carbocycles. The number of hydrogen-bond donors (Lipinski definition) is 0. The first-order valence-corrected chi connectivity index (χ1v) is 10.2. The lowest BCUT2D eigenvalue weighted by Gasteiger charge is -2.31. The molecule has 4 rings (SSSR count). The number of carbonyl (C=O) groups excluding carboxylic acids is 1. The van der Waals surface area contributed by atoms with E-state index in [1.165, 1.54) is 0 Å². The van der Waals surface area contributed by atoms with Crippen LogP contribution in [0.3, 0.4) is 0 Å². The Morgan fingerprint density at radius 3 is 2.69 bits per heavy atom. The lowest BCUT2D eigenvalue weighted by atomic mass is 9.96. The molecule has 0 saturated carbocycles. The van der Waals surface area contributed by atoms with Crippen molar-refractivity contribution in [1.29, 1.82) is 0 Å². The Morgan fingerprint density at radius 1 is 1.19 bits per heavy atom. The molecule has 2 heterocycles. The Labute approximate surface area is 157 Å². The summed E-state index contributed by atoms with van der Waals surface area (Å²) in [5.41, 5.74) is 3.60. The third kappa shape index (κ3) is 3.23. The minimum atomic E-state index is 0.134. The number of aryl methyl sites for hydroxylation is 1. The average molecular weight is 366 g/mol. The second kappa shape index (κ2) is 7.16. The third-order valence-electron chi connectivity index (χ3n) is 5.12. The minimum absolute atomic E-state index is 0.134. The van der Waals surface area contributed by atoms with Gasteiger partial charge in [-0.1, -0.05) is 18.2 Å². The number of hydrogen-bond acceptors (Lipinski definition) is 4. The van der Waals surface area contributed by atoms with Gasteiger partial charge in [-0.15, -0.1) is 11.8 Å². The van der Waals surface area contributed by atoms with E-state index in [1.54, 1.807) is 11.8 Å². The summed E-state index contributed by atoms with van der Waals surface area (Å²) in [7, 11) is 0. The maximum Gasteiger partial charge on any atom is 0.254 e. The van der Waals surface area contributed by atoms with Crippen LogP contribution in [0.4, 0.5) is 0 Å². The third-order valence-corrected chi connectivity index (χ3v) is 5.84. The van der Waals surface area contributed by atoms with Gasteiger partial charge in [-0.3, -0.25) is 4.79 Å². The van der Waals surface area contributed by atoms with Gasteiger partial charge in [0.15, 0.2) is 11.5 Å². The van der Waals surface area contributed by atoms with Gasteiger partial charge < -0.3 is 9.32 Å². The molecule has 1 aliphatic rings. The van der Waals surface area contributed by atoms with Crippen molar-refractivity contribution in [2.24, 2.45) is 0 Å². The van der Waals surface area contributed by atoms with E-state index in [2.05, 4.69) is 11.1 Å². The summed E-state index contributed by atoms with van der Waals surface area (Å²) in [6, 6.07) is 14.0. The van der Waals surface area contributed by atoms with Gasteiger partial charge in [0.05, 0.1) is 0 Å². The largest absolute Gasteiger partial charge is 0.440 e. The first-order valence-electron chi connectivity index (χ1n) is 8.95. The first-order chi connectivity index (χ1) is 12.7. The Morgan fingerprint density at radius 2 is 1.96 bits per heavy atom. The number of carbonyl (C=O) groups is 1. The summed E-state index contributed by atoms with van der Waals surface area (Å²) in [5, 5.41) is 0. The van der Waals surface area contributed by atoms with Crippen molar-refractivity contribution in [2.75, 3.05) is 19.3 Å². The molecule has 3 aromatic rings. The monoisotopic (exact) mass is 366 g/mol. The number of para-hydroxylation sites is 2. The predicted molar refractivity (Wildman–Crippen MR) is 105 cm³/mol. The summed E-state index contributed by atoms with van der Waals surface area (Å²) in [6.45, 7) is 3.48. The molecule has 1 fully saturated rings. The zero-order valence-corrected chi connectivity index (χ0v) is 15.9. The Bertz CT molecular complexity index is 909. The van der Waals surface area contributed by atoms with E-state index >= 15 is 0 Å². The number of aromatic nitrogens is 1. The number of thioether (sulfide) groups is 1. The van der Waals surface area contributed by atoms with Crippen LogP contribution in [0.25, 0.3) is 11.1 Å². The van der Waals surface area contributed by atoms with Crippen molar-refractivity contribution in [1.82, 2.24) is 9.88 Å². The van der Waals surface area contributed by atoms with Gasteiger partial charge >= 0.3 is 0 Å². The molecule has 4 nitrogen and oxygen atoms in total. The van der Waals surface area contributed by atoms with Crippen LogP contribution in [-0.4, -0.2) is 35.1 Å². The predicted octanol–water partition coefficient (Wildman–Crippen LogP) is 4.88. The molecule has 5 heteroatoms. The number of fused-ring (bicyclic) bond motifs is 1. The van der Waals surface area contributed by atoms with Crippen molar-refractivity contribution in [3.8, 4) is 0 Å².